The molecule has 0 bridgehead atoms. The Morgan fingerprint density at radius 2 is 1.88 bits per heavy atom. The molecule has 0 saturated heterocycles. The molecule has 0 unspecified atom stereocenters. The van der Waals surface area contributed by atoms with Gasteiger partial charge < -0.3 is 5.73 Å². The van der Waals surface area contributed by atoms with Crippen LogP contribution in [0.25, 0.3) is 0 Å². The fraction of sp³-hybridized carbons (Fsp3) is 0.923. The highest BCUT2D eigenvalue weighted by Crippen LogP contribution is 2.29. The maximum atomic E-state index is 5.67. The highest BCUT2D eigenvalue weighted by atomic mass is 32.1. The third-order valence-corrected chi connectivity index (χ3v) is 3.91. The van der Waals surface area contributed by atoms with Crippen molar-refractivity contribution in [2.45, 2.75) is 58.4 Å². The van der Waals surface area contributed by atoms with Crippen molar-refractivity contribution in [2.75, 3.05) is 13.1 Å². The number of hydrogen-bond donors (Lipinski definition) is 1. The van der Waals surface area contributed by atoms with E-state index < -0.39 is 0 Å². The lowest BCUT2D eigenvalue weighted by Crippen LogP contribution is -2.42. The smallest absolute Gasteiger partial charge is 0.0870 e. The van der Waals surface area contributed by atoms with Crippen molar-refractivity contribution in [1.82, 2.24) is 4.90 Å². The van der Waals surface area contributed by atoms with Gasteiger partial charge in [-0.1, -0.05) is 32.5 Å². The van der Waals surface area contributed by atoms with Crippen LogP contribution in [0.5, 0.6) is 0 Å². The second-order valence-corrected chi connectivity index (χ2v) is 5.54. The SMILES string of the molecule is CCCN(CC(N)=S)C1CCC(CC)CC1. The predicted octanol–water partition coefficient (Wildman–Crippen LogP) is 2.95. The van der Waals surface area contributed by atoms with Crippen LogP contribution >= 0.6 is 12.2 Å². The Morgan fingerprint density at radius 3 is 2.31 bits per heavy atom. The molecule has 3 heteroatoms. The van der Waals surface area contributed by atoms with Crippen LogP contribution in [0.3, 0.4) is 0 Å². The van der Waals surface area contributed by atoms with Crippen molar-refractivity contribution in [3.8, 4) is 0 Å². The first-order valence-electron chi connectivity index (χ1n) is 6.69. The second kappa shape index (κ2) is 7.23. The largest absolute Gasteiger partial charge is 0.392 e. The summed E-state index contributed by atoms with van der Waals surface area (Å²) < 4.78 is 0. The standard InChI is InChI=1S/C13H26N2S/c1-3-9-15(10-13(14)16)12-7-5-11(4-2)6-8-12/h11-12H,3-10H2,1-2H3,(H2,14,16). The minimum Gasteiger partial charge on any atom is -0.392 e. The van der Waals surface area contributed by atoms with E-state index in [2.05, 4.69) is 18.7 Å². The van der Waals surface area contributed by atoms with E-state index in [0.717, 1.165) is 25.0 Å². The minimum atomic E-state index is 0.645. The first-order chi connectivity index (χ1) is 7.67. The molecular weight excluding hydrogens is 216 g/mol. The zero-order valence-corrected chi connectivity index (χ0v) is 11.6. The van der Waals surface area contributed by atoms with E-state index >= 15 is 0 Å². The highest BCUT2D eigenvalue weighted by molar-refractivity contribution is 7.80. The fourth-order valence-corrected chi connectivity index (χ4v) is 2.96. The first kappa shape index (κ1) is 13.9. The monoisotopic (exact) mass is 242 g/mol. The van der Waals surface area contributed by atoms with Crippen molar-refractivity contribution < 1.29 is 0 Å². The topological polar surface area (TPSA) is 29.3 Å². The van der Waals surface area contributed by atoms with Gasteiger partial charge in [-0.25, -0.2) is 0 Å². The fourth-order valence-electron chi connectivity index (χ4n) is 2.80. The molecule has 0 atom stereocenters. The lowest BCUT2D eigenvalue weighted by molar-refractivity contribution is 0.152. The van der Waals surface area contributed by atoms with Crippen molar-refractivity contribution in [1.29, 1.82) is 0 Å². The molecular formula is C13H26N2S. The molecule has 1 rings (SSSR count). The van der Waals surface area contributed by atoms with Gasteiger partial charge in [-0.2, -0.15) is 0 Å². The summed E-state index contributed by atoms with van der Waals surface area (Å²) in [7, 11) is 0. The Bertz CT molecular complexity index is 210. The molecule has 0 spiro atoms. The molecule has 0 aromatic heterocycles. The lowest BCUT2D eigenvalue weighted by atomic mass is 9.84. The average molecular weight is 242 g/mol. The number of nitrogens with zero attached hydrogens (tertiary/aromatic N) is 1. The van der Waals surface area contributed by atoms with E-state index in [1.165, 1.54) is 38.5 Å². The predicted molar refractivity (Wildman–Crippen MR) is 74.7 cm³/mol. The summed E-state index contributed by atoms with van der Waals surface area (Å²) in [5, 5.41) is 0. The Labute approximate surface area is 106 Å². The maximum Gasteiger partial charge on any atom is 0.0870 e. The maximum absolute atomic E-state index is 5.67. The molecule has 1 fully saturated rings. The van der Waals surface area contributed by atoms with E-state index in [4.69, 9.17) is 18.0 Å². The molecule has 0 heterocycles. The second-order valence-electron chi connectivity index (χ2n) is 5.02. The summed E-state index contributed by atoms with van der Waals surface area (Å²) in [6, 6.07) is 0.726. The van der Waals surface area contributed by atoms with Crippen LogP contribution in [0.1, 0.15) is 52.4 Å². The molecule has 2 N–H and O–H groups in total. The molecule has 16 heavy (non-hydrogen) atoms. The van der Waals surface area contributed by atoms with Crippen LogP contribution in [0.2, 0.25) is 0 Å². The first-order valence-corrected chi connectivity index (χ1v) is 7.10. The van der Waals surface area contributed by atoms with Crippen LogP contribution in [-0.4, -0.2) is 29.0 Å². The molecule has 2 nitrogen and oxygen atoms in total. The normalized spacial score (nSPS) is 25.9. The quantitative estimate of drug-likeness (QED) is 0.726. The van der Waals surface area contributed by atoms with E-state index in [1.54, 1.807) is 0 Å². The lowest BCUT2D eigenvalue weighted by Gasteiger charge is -2.36. The molecule has 1 saturated carbocycles. The van der Waals surface area contributed by atoms with Gasteiger partial charge in [0.2, 0.25) is 0 Å². The van der Waals surface area contributed by atoms with Crippen LogP contribution in [0, 0.1) is 5.92 Å². The van der Waals surface area contributed by atoms with E-state index in [0.29, 0.717) is 4.99 Å². The van der Waals surface area contributed by atoms with Gasteiger partial charge in [0.05, 0.1) is 4.99 Å². The van der Waals surface area contributed by atoms with Gasteiger partial charge in [-0.05, 0) is 44.6 Å². The minimum absolute atomic E-state index is 0.645. The van der Waals surface area contributed by atoms with Crippen molar-refractivity contribution in [3.63, 3.8) is 0 Å². The molecule has 0 amide bonds. The zero-order chi connectivity index (χ0) is 12.0. The molecule has 0 radical (unpaired) electrons. The van der Waals surface area contributed by atoms with Gasteiger partial charge in [0.25, 0.3) is 0 Å². The van der Waals surface area contributed by atoms with Crippen molar-refractivity contribution in [2.24, 2.45) is 11.7 Å². The summed E-state index contributed by atoms with van der Waals surface area (Å²) in [6.07, 6.45) is 7.98. The number of hydrogen-bond acceptors (Lipinski definition) is 2. The van der Waals surface area contributed by atoms with Crippen molar-refractivity contribution >= 4 is 17.2 Å². The zero-order valence-electron chi connectivity index (χ0n) is 10.7. The third-order valence-electron chi connectivity index (χ3n) is 3.78. The Kier molecular flexibility index (Phi) is 6.29. The third kappa shape index (κ3) is 4.38. The van der Waals surface area contributed by atoms with Crippen LogP contribution in [0.4, 0.5) is 0 Å². The summed E-state index contributed by atoms with van der Waals surface area (Å²) in [5.74, 6) is 0.963. The molecule has 0 aliphatic heterocycles. The van der Waals surface area contributed by atoms with E-state index in [-0.39, 0.29) is 0 Å². The van der Waals surface area contributed by atoms with Gasteiger partial charge in [-0.15, -0.1) is 0 Å². The van der Waals surface area contributed by atoms with Gasteiger partial charge in [0.1, 0.15) is 0 Å². The average Bonchev–Trinajstić information content (AvgIpc) is 2.28. The molecule has 94 valence electrons. The molecule has 1 aliphatic carbocycles. The Hall–Kier alpha value is -0.150. The number of nitrogens with two attached hydrogens (primary N) is 1. The van der Waals surface area contributed by atoms with Gasteiger partial charge in [0.15, 0.2) is 0 Å². The molecule has 0 aromatic rings. The Morgan fingerprint density at radius 1 is 1.25 bits per heavy atom. The summed E-state index contributed by atoms with van der Waals surface area (Å²) in [5.41, 5.74) is 5.67. The number of thiocarbonyl (C=S) groups is 1. The summed E-state index contributed by atoms with van der Waals surface area (Å²) in [6.45, 7) is 6.48. The van der Waals surface area contributed by atoms with Gasteiger partial charge in [-0.3, -0.25) is 4.90 Å². The van der Waals surface area contributed by atoms with Crippen LogP contribution in [0.15, 0.2) is 0 Å². The Balaban J connectivity index is 2.42. The molecule has 1 aliphatic rings. The van der Waals surface area contributed by atoms with Crippen LogP contribution in [-0.2, 0) is 0 Å². The van der Waals surface area contributed by atoms with E-state index in [9.17, 15) is 0 Å². The van der Waals surface area contributed by atoms with Crippen molar-refractivity contribution in [3.05, 3.63) is 0 Å². The van der Waals surface area contributed by atoms with E-state index in [1.807, 2.05) is 0 Å². The highest BCUT2D eigenvalue weighted by Gasteiger charge is 2.24. The number of rotatable bonds is 6. The van der Waals surface area contributed by atoms with Gasteiger partial charge in [0, 0.05) is 12.6 Å². The molecule has 0 aromatic carbocycles. The summed E-state index contributed by atoms with van der Waals surface area (Å²) >= 11 is 5.04. The summed E-state index contributed by atoms with van der Waals surface area (Å²) in [4.78, 5) is 3.14. The van der Waals surface area contributed by atoms with Crippen LogP contribution < -0.4 is 5.73 Å². The van der Waals surface area contributed by atoms with Gasteiger partial charge >= 0.3 is 0 Å².